The van der Waals surface area contributed by atoms with E-state index in [9.17, 15) is 4.79 Å². The first-order valence-electron chi connectivity index (χ1n) is 9.92. The number of nitrogens with one attached hydrogen (secondary N) is 1. The molecule has 6 rings (SSSR count). The van der Waals surface area contributed by atoms with Crippen molar-refractivity contribution in [1.29, 1.82) is 0 Å². The van der Waals surface area contributed by atoms with Crippen molar-refractivity contribution in [3.63, 3.8) is 0 Å². The first-order chi connectivity index (χ1) is 12.7. The van der Waals surface area contributed by atoms with Gasteiger partial charge in [-0.2, -0.15) is 0 Å². The average Bonchev–Trinajstić information content (AvgIpc) is 3.15. The number of carbonyl (C=O) groups excluding carboxylic acids is 1. The molecule has 0 unspecified atom stereocenters. The SMILES string of the molecule is O=C(NCCC12CC3CC(CC(C3)C1)C2)c1ccc(-n2ccnc2)nc1. The fourth-order valence-corrected chi connectivity index (χ4v) is 6.21. The Labute approximate surface area is 154 Å². The summed E-state index contributed by atoms with van der Waals surface area (Å²) in [6.07, 6.45) is 16.7. The third-order valence-corrected chi connectivity index (χ3v) is 6.88. The summed E-state index contributed by atoms with van der Waals surface area (Å²) in [6, 6.07) is 3.69. The lowest BCUT2D eigenvalue weighted by Gasteiger charge is -2.57. The maximum Gasteiger partial charge on any atom is 0.252 e. The highest BCUT2D eigenvalue weighted by Gasteiger charge is 2.50. The summed E-state index contributed by atoms with van der Waals surface area (Å²) in [5, 5.41) is 3.13. The van der Waals surface area contributed by atoms with Crippen LogP contribution in [-0.4, -0.2) is 27.0 Å². The minimum absolute atomic E-state index is 0.0144. The molecule has 0 saturated heterocycles. The van der Waals surface area contributed by atoms with Gasteiger partial charge in [0.05, 0.1) is 5.56 Å². The molecule has 0 radical (unpaired) electrons. The Balaban J connectivity index is 1.18. The van der Waals surface area contributed by atoms with Gasteiger partial charge in [0.2, 0.25) is 0 Å². The molecule has 1 N–H and O–H groups in total. The van der Waals surface area contributed by atoms with Gasteiger partial charge < -0.3 is 5.32 Å². The zero-order valence-corrected chi connectivity index (χ0v) is 15.1. The molecule has 0 aliphatic heterocycles. The van der Waals surface area contributed by atoms with Crippen LogP contribution in [0.1, 0.15) is 55.3 Å². The molecule has 4 bridgehead atoms. The van der Waals surface area contributed by atoms with Gasteiger partial charge in [-0.3, -0.25) is 9.36 Å². The second-order valence-corrected chi connectivity index (χ2v) is 8.80. The van der Waals surface area contributed by atoms with E-state index < -0.39 is 0 Å². The molecule has 136 valence electrons. The summed E-state index contributed by atoms with van der Waals surface area (Å²) in [7, 11) is 0. The number of carbonyl (C=O) groups is 1. The van der Waals surface area contributed by atoms with E-state index in [1.54, 1.807) is 18.7 Å². The quantitative estimate of drug-likeness (QED) is 0.896. The number of rotatable bonds is 5. The van der Waals surface area contributed by atoms with Gasteiger partial charge in [0.1, 0.15) is 12.1 Å². The Morgan fingerprint density at radius 3 is 2.46 bits per heavy atom. The summed E-state index contributed by atoms with van der Waals surface area (Å²) in [4.78, 5) is 20.8. The predicted octanol–water partition coefficient (Wildman–Crippen LogP) is 3.60. The Morgan fingerprint density at radius 1 is 1.15 bits per heavy atom. The van der Waals surface area contributed by atoms with E-state index in [1.807, 2.05) is 22.9 Å². The van der Waals surface area contributed by atoms with Gasteiger partial charge in [-0.05, 0) is 80.2 Å². The van der Waals surface area contributed by atoms with Crippen LogP contribution in [0.25, 0.3) is 5.82 Å². The predicted molar refractivity (Wildman–Crippen MR) is 98.9 cm³/mol. The average molecular weight is 350 g/mol. The number of nitrogens with zero attached hydrogens (tertiary/aromatic N) is 3. The van der Waals surface area contributed by atoms with Crippen molar-refractivity contribution in [2.45, 2.75) is 44.9 Å². The minimum atomic E-state index is -0.0144. The lowest BCUT2D eigenvalue weighted by molar-refractivity contribution is -0.0564. The Bertz CT molecular complexity index is 746. The van der Waals surface area contributed by atoms with Gasteiger partial charge in [-0.15, -0.1) is 0 Å². The maximum atomic E-state index is 12.5. The smallest absolute Gasteiger partial charge is 0.252 e. The van der Waals surface area contributed by atoms with Gasteiger partial charge in [0.25, 0.3) is 5.91 Å². The molecule has 5 nitrogen and oxygen atoms in total. The van der Waals surface area contributed by atoms with Crippen LogP contribution in [-0.2, 0) is 0 Å². The number of amides is 1. The molecule has 26 heavy (non-hydrogen) atoms. The van der Waals surface area contributed by atoms with Crippen LogP contribution in [0, 0.1) is 23.2 Å². The largest absolute Gasteiger partial charge is 0.352 e. The first-order valence-corrected chi connectivity index (χ1v) is 9.92. The zero-order chi connectivity index (χ0) is 17.6. The molecule has 2 aromatic heterocycles. The van der Waals surface area contributed by atoms with E-state index in [0.717, 1.165) is 36.5 Å². The van der Waals surface area contributed by atoms with Crippen LogP contribution in [0.4, 0.5) is 0 Å². The molecule has 2 aromatic rings. The molecule has 4 aliphatic rings. The minimum Gasteiger partial charge on any atom is -0.352 e. The number of aromatic nitrogens is 3. The standard InChI is InChI=1S/C21H26N4O/c26-20(18-1-2-19(24-13-18)25-6-5-22-14-25)23-4-3-21-10-15-7-16(11-21)9-17(8-15)12-21/h1-2,5-6,13-17H,3-4,7-12H2,(H,23,26). The number of hydrogen-bond acceptors (Lipinski definition) is 3. The van der Waals surface area contributed by atoms with Crippen LogP contribution in [0.2, 0.25) is 0 Å². The fourth-order valence-electron chi connectivity index (χ4n) is 6.21. The van der Waals surface area contributed by atoms with E-state index in [1.165, 1.54) is 38.5 Å². The van der Waals surface area contributed by atoms with Crippen LogP contribution in [0.3, 0.4) is 0 Å². The summed E-state index contributed by atoms with van der Waals surface area (Å²) in [5.74, 6) is 3.66. The van der Waals surface area contributed by atoms with Crippen molar-refractivity contribution in [2.24, 2.45) is 23.2 Å². The van der Waals surface area contributed by atoms with Crippen molar-refractivity contribution in [3.8, 4) is 5.82 Å². The van der Waals surface area contributed by atoms with Crippen molar-refractivity contribution >= 4 is 5.91 Å². The summed E-state index contributed by atoms with van der Waals surface area (Å²) < 4.78 is 1.83. The highest BCUT2D eigenvalue weighted by molar-refractivity contribution is 5.93. The van der Waals surface area contributed by atoms with E-state index in [2.05, 4.69) is 15.3 Å². The first kappa shape index (κ1) is 16.0. The fraction of sp³-hybridized carbons (Fsp3) is 0.571. The zero-order valence-electron chi connectivity index (χ0n) is 15.1. The number of hydrogen-bond donors (Lipinski definition) is 1. The van der Waals surface area contributed by atoms with Crippen LogP contribution < -0.4 is 5.32 Å². The molecule has 4 saturated carbocycles. The second-order valence-electron chi connectivity index (χ2n) is 8.80. The highest BCUT2D eigenvalue weighted by Crippen LogP contribution is 2.61. The third kappa shape index (κ3) is 2.93. The summed E-state index contributed by atoms with van der Waals surface area (Å²) in [6.45, 7) is 0.786. The van der Waals surface area contributed by atoms with Crippen molar-refractivity contribution in [1.82, 2.24) is 19.9 Å². The number of pyridine rings is 1. The summed E-state index contributed by atoms with van der Waals surface area (Å²) >= 11 is 0. The van der Waals surface area contributed by atoms with Gasteiger partial charge in [0.15, 0.2) is 0 Å². The lowest BCUT2D eigenvalue weighted by atomic mass is 9.49. The molecule has 1 amide bonds. The monoisotopic (exact) mass is 350 g/mol. The van der Waals surface area contributed by atoms with Gasteiger partial charge >= 0.3 is 0 Å². The Hall–Kier alpha value is -2.17. The molecule has 5 heteroatoms. The van der Waals surface area contributed by atoms with Gasteiger partial charge in [-0.25, -0.2) is 9.97 Å². The second kappa shape index (κ2) is 6.22. The van der Waals surface area contributed by atoms with Gasteiger partial charge in [-0.1, -0.05) is 0 Å². The van der Waals surface area contributed by atoms with E-state index in [4.69, 9.17) is 0 Å². The molecule has 0 spiro atoms. The van der Waals surface area contributed by atoms with Crippen LogP contribution in [0.15, 0.2) is 37.1 Å². The maximum absolute atomic E-state index is 12.5. The van der Waals surface area contributed by atoms with Crippen molar-refractivity contribution in [2.75, 3.05) is 6.54 Å². The summed E-state index contributed by atoms with van der Waals surface area (Å²) in [5.41, 5.74) is 1.14. The van der Waals surface area contributed by atoms with E-state index in [-0.39, 0.29) is 5.91 Å². The van der Waals surface area contributed by atoms with E-state index in [0.29, 0.717) is 11.0 Å². The normalized spacial score (nSPS) is 31.9. The molecule has 4 aliphatic carbocycles. The third-order valence-electron chi connectivity index (χ3n) is 6.88. The lowest BCUT2D eigenvalue weighted by Crippen LogP contribution is -2.47. The molecule has 0 aromatic carbocycles. The van der Waals surface area contributed by atoms with E-state index >= 15 is 0 Å². The molecule has 2 heterocycles. The van der Waals surface area contributed by atoms with Gasteiger partial charge in [0, 0.05) is 25.1 Å². The molecular formula is C21H26N4O. The Morgan fingerprint density at radius 2 is 1.88 bits per heavy atom. The van der Waals surface area contributed by atoms with Crippen molar-refractivity contribution in [3.05, 3.63) is 42.6 Å². The van der Waals surface area contributed by atoms with Crippen LogP contribution >= 0.6 is 0 Å². The highest BCUT2D eigenvalue weighted by atomic mass is 16.1. The molecule has 0 atom stereocenters. The van der Waals surface area contributed by atoms with Crippen LogP contribution in [0.5, 0.6) is 0 Å². The topological polar surface area (TPSA) is 59.8 Å². The number of imidazole rings is 1. The molecule has 4 fully saturated rings. The Kier molecular flexibility index (Phi) is 3.84. The molecular weight excluding hydrogens is 324 g/mol. The van der Waals surface area contributed by atoms with Crippen molar-refractivity contribution < 1.29 is 4.79 Å².